The number of Topliss-reactive ketones (excluding diaryl/α,β-unsaturated/α-hetero) is 1. The number of aliphatic hydroxyl groups is 1. The summed E-state index contributed by atoms with van der Waals surface area (Å²) in [6.07, 6.45) is 1.65. The highest BCUT2D eigenvalue weighted by Crippen LogP contribution is 2.40. The van der Waals surface area contributed by atoms with Crippen LogP contribution >= 0.6 is 11.6 Å². The molecule has 180 valence electrons. The first-order valence-electron chi connectivity index (χ1n) is 11.4. The van der Waals surface area contributed by atoms with Crippen molar-refractivity contribution in [2.45, 2.75) is 26.8 Å². The summed E-state index contributed by atoms with van der Waals surface area (Å²) in [5, 5.41) is 11.8. The van der Waals surface area contributed by atoms with Crippen molar-refractivity contribution >= 4 is 29.1 Å². The van der Waals surface area contributed by atoms with E-state index in [1.54, 1.807) is 53.4 Å². The van der Waals surface area contributed by atoms with Crippen molar-refractivity contribution in [3.05, 3.63) is 82.4 Å². The topological polar surface area (TPSA) is 70.1 Å². The Kier molecular flexibility index (Phi) is 8.53. The number of carbonyl (C=O) groups excluding carboxylic acids is 2. The van der Waals surface area contributed by atoms with Gasteiger partial charge in [0.1, 0.15) is 18.1 Å². The Hall–Kier alpha value is -3.09. The number of carbonyl (C=O) groups is 2. The summed E-state index contributed by atoms with van der Waals surface area (Å²) < 4.78 is 5.62. The second-order valence-electron chi connectivity index (χ2n) is 8.15. The number of hydrogen-bond donors (Lipinski definition) is 1. The highest BCUT2D eigenvalue weighted by atomic mass is 35.5. The normalized spacial score (nSPS) is 17.4. The van der Waals surface area contributed by atoms with E-state index in [0.717, 1.165) is 18.7 Å². The lowest BCUT2D eigenvalue weighted by Crippen LogP contribution is -2.38. The van der Waals surface area contributed by atoms with Gasteiger partial charge >= 0.3 is 0 Å². The zero-order valence-corrected chi connectivity index (χ0v) is 20.6. The molecular weight excluding hydrogens is 452 g/mol. The van der Waals surface area contributed by atoms with Gasteiger partial charge in [-0.2, -0.15) is 0 Å². The lowest BCUT2D eigenvalue weighted by atomic mass is 9.95. The molecule has 0 aliphatic carbocycles. The van der Waals surface area contributed by atoms with Gasteiger partial charge < -0.3 is 19.6 Å². The highest BCUT2D eigenvalue weighted by molar-refractivity contribution is 6.46. The molecule has 1 saturated heterocycles. The fourth-order valence-corrected chi connectivity index (χ4v) is 4.28. The van der Waals surface area contributed by atoms with E-state index < -0.39 is 17.7 Å². The van der Waals surface area contributed by atoms with Crippen molar-refractivity contribution in [3.63, 3.8) is 0 Å². The van der Waals surface area contributed by atoms with E-state index in [2.05, 4.69) is 25.3 Å². The predicted molar refractivity (Wildman–Crippen MR) is 135 cm³/mol. The van der Waals surface area contributed by atoms with E-state index in [4.69, 9.17) is 16.3 Å². The van der Waals surface area contributed by atoms with Gasteiger partial charge in [0.2, 0.25) is 0 Å². The van der Waals surface area contributed by atoms with Gasteiger partial charge in [-0.25, -0.2) is 0 Å². The number of likely N-dealkylation sites (N-methyl/N-ethyl adjacent to an activating group) is 1. The van der Waals surface area contributed by atoms with Crippen LogP contribution in [0.15, 0.2) is 60.7 Å². The average molecular weight is 483 g/mol. The maximum absolute atomic E-state index is 13.2. The largest absolute Gasteiger partial charge is 0.507 e. The van der Waals surface area contributed by atoms with Crippen molar-refractivity contribution in [1.29, 1.82) is 0 Å². The van der Waals surface area contributed by atoms with Crippen LogP contribution in [0, 0.1) is 6.92 Å². The van der Waals surface area contributed by atoms with E-state index in [0.29, 0.717) is 41.6 Å². The van der Waals surface area contributed by atoms with E-state index in [1.807, 2.05) is 6.92 Å². The zero-order valence-electron chi connectivity index (χ0n) is 19.9. The number of ketones is 1. The average Bonchev–Trinajstić information content (AvgIpc) is 3.09. The van der Waals surface area contributed by atoms with Gasteiger partial charge in [-0.15, -0.1) is 0 Å². The van der Waals surface area contributed by atoms with Crippen LogP contribution in [0.1, 0.15) is 36.6 Å². The van der Waals surface area contributed by atoms with Gasteiger partial charge in [0.25, 0.3) is 11.7 Å². The summed E-state index contributed by atoms with van der Waals surface area (Å²) in [5.41, 5.74) is 2.03. The molecule has 0 spiro atoms. The van der Waals surface area contributed by atoms with Crippen molar-refractivity contribution in [1.82, 2.24) is 9.80 Å². The first-order valence-corrected chi connectivity index (χ1v) is 11.8. The summed E-state index contributed by atoms with van der Waals surface area (Å²) in [7, 11) is 0. The van der Waals surface area contributed by atoms with Crippen LogP contribution in [0.2, 0.25) is 5.02 Å². The molecule has 1 aliphatic rings. The monoisotopic (exact) mass is 482 g/mol. The second-order valence-corrected chi connectivity index (χ2v) is 8.59. The third-order valence-electron chi connectivity index (χ3n) is 6.08. The summed E-state index contributed by atoms with van der Waals surface area (Å²) in [5.74, 6) is -0.856. The quantitative estimate of drug-likeness (QED) is 0.224. The Morgan fingerprint density at radius 1 is 1.18 bits per heavy atom. The third-order valence-corrected chi connectivity index (χ3v) is 6.33. The maximum Gasteiger partial charge on any atom is 0.295 e. The van der Waals surface area contributed by atoms with E-state index >= 15 is 0 Å². The molecule has 0 bridgehead atoms. The van der Waals surface area contributed by atoms with Crippen LogP contribution in [0.5, 0.6) is 5.75 Å². The Balaban J connectivity index is 2.07. The number of hydrogen-bond acceptors (Lipinski definition) is 5. The third kappa shape index (κ3) is 5.34. The smallest absolute Gasteiger partial charge is 0.295 e. The highest BCUT2D eigenvalue weighted by Gasteiger charge is 2.46. The van der Waals surface area contributed by atoms with Gasteiger partial charge in [-0.1, -0.05) is 50.2 Å². The minimum atomic E-state index is -0.704. The van der Waals surface area contributed by atoms with Crippen LogP contribution in [-0.2, 0) is 9.59 Å². The molecule has 1 amide bonds. The lowest BCUT2D eigenvalue weighted by molar-refractivity contribution is -0.140. The van der Waals surface area contributed by atoms with Gasteiger partial charge in [0.15, 0.2) is 0 Å². The molecule has 1 N–H and O–H groups in total. The zero-order chi connectivity index (χ0) is 24.8. The summed E-state index contributed by atoms with van der Waals surface area (Å²) >= 11 is 6.08. The van der Waals surface area contributed by atoms with E-state index in [1.165, 1.54) is 0 Å². The van der Waals surface area contributed by atoms with Crippen LogP contribution < -0.4 is 4.74 Å². The second kappa shape index (κ2) is 11.4. The molecule has 7 heteroatoms. The standard InChI is InChI=1S/C27H31ClN2O4/c1-5-16-34-22-13-10-20(17-18(22)4)25(31)23-24(19-8-11-21(28)12-9-19)30(27(33)26(23)32)15-14-29(6-2)7-3/h5,8-13,17,24,31H,1,6-7,14-16H2,2-4H3. The van der Waals surface area contributed by atoms with Gasteiger partial charge in [-0.3, -0.25) is 9.59 Å². The van der Waals surface area contributed by atoms with Crippen molar-refractivity contribution < 1.29 is 19.4 Å². The Morgan fingerprint density at radius 3 is 2.44 bits per heavy atom. The number of ether oxygens (including phenoxy) is 1. The minimum Gasteiger partial charge on any atom is -0.507 e. The predicted octanol–water partition coefficient (Wildman–Crippen LogP) is 4.98. The maximum atomic E-state index is 13.2. The molecule has 1 fully saturated rings. The van der Waals surface area contributed by atoms with Crippen molar-refractivity contribution in [3.8, 4) is 5.75 Å². The van der Waals surface area contributed by atoms with Gasteiger partial charge in [0, 0.05) is 23.7 Å². The van der Waals surface area contributed by atoms with Crippen LogP contribution in [0.25, 0.3) is 5.76 Å². The number of halogens is 1. The number of rotatable bonds is 10. The van der Waals surface area contributed by atoms with Crippen LogP contribution in [0.4, 0.5) is 0 Å². The van der Waals surface area contributed by atoms with Crippen molar-refractivity contribution in [2.75, 3.05) is 32.8 Å². The molecule has 1 unspecified atom stereocenters. The number of amides is 1. The number of likely N-dealkylation sites (tertiary alicyclic amines) is 1. The number of aryl methyl sites for hydroxylation is 1. The first kappa shape index (κ1) is 25.5. The molecule has 2 aromatic rings. The van der Waals surface area contributed by atoms with E-state index in [-0.39, 0.29) is 11.3 Å². The molecule has 3 rings (SSSR count). The molecule has 2 aromatic carbocycles. The molecule has 34 heavy (non-hydrogen) atoms. The SMILES string of the molecule is C=CCOc1ccc(C(O)=C2C(=O)C(=O)N(CCN(CC)CC)C2c2ccc(Cl)cc2)cc1C. The first-order chi connectivity index (χ1) is 16.3. The van der Waals surface area contributed by atoms with Crippen LogP contribution in [0.3, 0.4) is 0 Å². The number of nitrogens with zero attached hydrogens (tertiary/aromatic N) is 2. The minimum absolute atomic E-state index is 0.0750. The lowest BCUT2D eigenvalue weighted by Gasteiger charge is -2.28. The Bertz CT molecular complexity index is 1090. The molecule has 0 aromatic heterocycles. The Morgan fingerprint density at radius 2 is 1.85 bits per heavy atom. The summed E-state index contributed by atoms with van der Waals surface area (Å²) in [4.78, 5) is 30.0. The van der Waals surface area contributed by atoms with Crippen LogP contribution in [-0.4, -0.2) is 59.4 Å². The van der Waals surface area contributed by atoms with Crippen molar-refractivity contribution in [2.24, 2.45) is 0 Å². The summed E-state index contributed by atoms with van der Waals surface area (Å²) in [6, 6.07) is 11.5. The molecule has 6 nitrogen and oxygen atoms in total. The molecule has 0 saturated carbocycles. The van der Waals surface area contributed by atoms with Gasteiger partial charge in [-0.05, 0) is 61.5 Å². The molecule has 1 heterocycles. The van der Waals surface area contributed by atoms with E-state index in [9.17, 15) is 14.7 Å². The molecular formula is C27H31ClN2O4. The molecule has 1 atom stereocenters. The fourth-order valence-electron chi connectivity index (χ4n) is 4.15. The molecule has 1 aliphatic heterocycles. The fraction of sp³-hybridized carbons (Fsp3) is 0.333. The number of benzene rings is 2. The number of aliphatic hydroxyl groups excluding tert-OH is 1. The Labute approximate surface area is 206 Å². The molecule has 0 radical (unpaired) electrons. The summed E-state index contributed by atoms with van der Waals surface area (Å²) in [6.45, 7) is 12.6. The van der Waals surface area contributed by atoms with Gasteiger partial charge in [0.05, 0.1) is 11.6 Å².